The van der Waals surface area contributed by atoms with E-state index in [1.165, 1.54) is 27.8 Å². The van der Waals surface area contributed by atoms with E-state index in [0.29, 0.717) is 18.1 Å². The summed E-state index contributed by atoms with van der Waals surface area (Å²) in [5, 5.41) is 0.650. The second-order valence-corrected chi connectivity index (χ2v) is 10.4. The quantitative estimate of drug-likeness (QED) is 0.679. The molecule has 1 aromatic heterocycles. The second kappa shape index (κ2) is 8.45. The van der Waals surface area contributed by atoms with Crippen molar-refractivity contribution in [2.24, 2.45) is 0 Å². The third kappa shape index (κ3) is 4.20. The van der Waals surface area contributed by atoms with Crippen molar-refractivity contribution in [1.82, 2.24) is 9.29 Å². The molecule has 2 aromatic rings. The van der Waals surface area contributed by atoms with E-state index in [0.717, 1.165) is 31.4 Å². The number of aromatic nitrogens is 1. The van der Waals surface area contributed by atoms with Crippen LogP contribution in [0.5, 0.6) is 0 Å². The first-order chi connectivity index (χ1) is 14.0. The number of para-hydroxylation sites is 1. The average molecular weight is 432 g/mol. The first kappa shape index (κ1) is 20.4. The molecule has 0 N–H and O–H groups in total. The minimum atomic E-state index is -3.46. The molecule has 1 atom stereocenters. The Labute approximate surface area is 176 Å². The molecule has 8 heteroatoms. The SMILES string of the molecule is CC1CCc2ccccc2N1C(=O)CSc1ccc(S(=O)(=O)N2CCCC2)cn1. The van der Waals surface area contributed by atoms with Crippen molar-refractivity contribution >= 4 is 33.4 Å². The Hall–Kier alpha value is -1.90. The molecular formula is C21H25N3O3S2. The number of thioether (sulfide) groups is 1. The Balaban J connectivity index is 1.42. The summed E-state index contributed by atoms with van der Waals surface area (Å²) in [6.45, 7) is 3.22. The van der Waals surface area contributed by atoms with Crippen molar-refractivity contribution in [3.05, 3.63) is 48.2 Å². The van der Waals surface area contributed by atoms with Gasteiger partial charge in [0.25, 0.3) is 0 Å². The molecule has 1 aromatic carbocycles. The summed E-state index contributed by atoms with van der Waals surface area (Å²) < 4.78 is 26.7. The van der Waals surface area contributed by atoms with Gasteiger partial charge in [0.15, 0.2) is 0 Å². The van der Waals surface area contributed by atoms with Gasteiger partial charge in [-0.2, -0.15) is 4.31 Å². The van der Waals surface area contributed by atoms with Crippen molar-refractivity contribution in [3.63, 3.8) is 0 Å². The lowest BCUT2D eigenvalue weighted by molar-refractivity contribution is -0.116. The zero-order valence-electron chi connectivity index (χ0n) is 16.5. The monoisotopic (exact) mass is 431 g/mol. The number of aryl methyl sites for hydroxylation is 1. The van der Waals surface area contributed by atoms with E-state index in [1.54, 1.807) is 12.1 Å². The third-order valence-corrected chi connectivity index (χ3v) is 8.36. The average Bonchev–Trinajstić information content (AvgIpc) is 3.28. The molecule has 3 heterocycles. The maximum absolute atomic E-state index is 12.9. The number of hydrogen-bond acceptors (Lipinski definition) is 5. The van der Waals surface area contributed by atoms with Crippen LogP contribution in [0.25, 0.3) is 0 Å². The fraction of sp³-hybridized carbons (Fsp3) is 0.429. The van der Waals surface area contributed by atoms with Gasteiger partial charge in [0.05, 0.1) is 10.8 Å². The van der Waals surface area contributed by atoms with Crippen LogP contribution in [-0.2, 0) is 21.2 Å². The summed E-state index contributed by atoms with van der Waals surface area (Å²) in [6.07, 6.45) is 5.15. The molecule has 0 bridgehead atoms. The van der Waals surface area contributed by atoms with E-state index in [4.69, 9.17) is 0 Å². The third-order valence-electron chi connectivity index (χ3n) is 5.55. The molecular weight excluding hydrogens is 406 g/mol. The highest BCUT2D eigenvalue weighted by Crippen LogP contribution is 2.31. The number of benzene rings is 1. The topological polar surface area (TPSA) is 70.6 Å². The summed E-state index contributed by atoms with van der Waals surface area (Å²) in [5.74, 6) is 0.314. The van der Waals surface area contributed by atoms with Crippen molar-refractivity contribution in [2.75, 3.05) is 23.7 Å². The highest BCUT2D eigenvalue weighted by atomic mass is 32.2. The summed E-state index contributed by atoms with van der Waals surface area (Å²) in [6, 6.07) is 11.5. The van der Waals surface area contributed by atoms with Crippen molar-refractivity contribution < 1.29 is 13.2 Å². The Bertz CT molecular complexity index is 986. The maximum atomic E-state index is 12.9. The molecule has 4 rings (SSSR count). The standard InChI is InChI=1S/C21H25N3O3S2/c1-16-8-9-17-6-2-3-7-19(17)24(16)21(25)15-28-20-11-10-18(14-22-20)29(26,27)23-12-4-5-13-23/h2-3,6-7,10-11,14,16H,4-5,8-9,12-13,15H2,1H3. The smallest absolute Gasteiger partial charge is 0.244 e. The highest BCUT2D eigenvalue weighted by molar-refractivity contribution is 7.99. The predicted octanol–water partition coefficient (Wildman–Crippen LogP) is 3.33. The molecule has 0 saturated carbocycles. The number of amides is 1. The Morgan fingerprint density at radius 1 is 1.17 bits per heavy atom. The number of sulfonamides is 1. The lowest BCUT2D eigenvalue weighted by Gasteiger charge is -2.35. The molecule has 2 aliphatic rings. The van der Waals surface area contributed by atoms with Crippen LogP contribution >= 0.6 is 11.8 Å². The van der Waals surface area contributed by atoms with Crippen LogP contribution in [0.1, 0.15) is 31.7 Å². The molecule has 1 unspecified atom stereocenters. The predicted molar refractivity (Wildman–Crippen MR) is 115 cm³/mol. The van der Waals surface area contributed by atoms with Gasteiger partial charge in [0, 0.05) is 31.0 Å². The van der Waals surface area contributed by atoms with Crippen molar-refractivity contribution in [2.45, 2.75) is 48.6 Å². The van der Waals surface area contributed by atoms with Gasteiger partial charge in [0.2, 0.25) is 15.9 Å². The van der Waals surface area contributed by atoms with Crippen LogP contribution in [0.15, 0.2) is 52.5 Å². The maximum Gasteiger partial charge on any atom is 0.244 e. The lowest BCUT2D eigenvalue weighted by atomic mass is 9.97. The van der Waals surface area contributed by atoms with Gasteiger partial charge in [-0.1, -0.05) is 30.0 Å². The summed E-state index contributed by atoms with van der Waals surface area (Å²) in [4.78, 5) is 19.3. The molecule has 1 amide bonds. The van der Waals surface area contributed by atoms with E-state index < -0.39 is 10.0 Å². The van der Waals surface area contributed by atoms with Gasteiger partial charge in [0.1, 0.15) is 4.90 Å². The summed E-state index contributed by atoms with van der Waals surface area (Å²) >= 11 is 1.34. The van der Waals surface area contributed by atoms with E-state index in [2.05, 4.69) is 18.0 Å². The number of rotatable bonds is 5. The minimum Gasteiger partial charge on any atom is -0.309 e. The van der Waals surface area contributed by atoms with Gasteiger partial charge >= 0.3 is 0 Å². The molecule has 6 nitrogen and oxygen atoms in total. The van der Waals surface area contributed by atoms with Crippen LogP contribution in [0.4, 0.5) is 5.69 Å². The number of carbonyl (C=O) groups is 1. The summed E-state index contributed by atoms with van der Waals surface area (Å²) in [5.41, 5.74) is 2.20. The number of nitrogens with zero attached hydrogens (tertiary/aromatic N) is 3. The van der Waals surface area contributed by atoms with Crippen LogP contribution < -0.4 is 4.90 Å². The number of fused-ring (bicyclic) bond motifs is 1. The van der Waals surface area contributed by atoms with E-state index in [-0.39, 0.29) is 22.6 Å². The fourth-order valence-corrected chi connectivity index (χ4v) is 6.12. The zero-order valence-corrected chi connectivity index (χ0v) is 18.1. The molecule has 29 heavy (non-hydrogen) atoms. The van der Waals surface area contributed by atoms with Crippen LogP contribution in [0, 0.1) is 0 Å². The molecule has 2 aliphatic heterocycles. The first-order valence-electron chi connectivity index (χ1n) is 9.96. The second-order valence-electron chi connectivity index (χ2n) is 7.51. The molecule has 0 spiro atoms. The molecule has 0 aliphatic carbocycles. The molecule has 154 valence electrons. The number of pyridine rings is 1. The molecule has 1 fully saturated rings. The zero-order chi connectivity index (χ0) is 20.4. The van der Waals surface area contributed by atoms with Crippen LogP contribution in [-0.4, -0.2) is 48.5 Å². The number of anilines is 1. The lowest BCUT2D eigenvalue weighted by Crippen LogP contribution is -2.43. The Kier molecular flexibility index (Phi) is 5.94. The normalized spacial score (nSPS) is 19.9. The molecule has 1 saturated heterocycles. The van der Waals surface area contributed by atoms with Gasteiger partial charge in [-0.25, -0.2) is 13.4 Å². The summed E-state index contributed by atoms with van der Waals surface area (Å²) in [7, 11) is -3.46. The Morgan fingerprint density at radius 3 is 2.66 bits per heavy atom. The Morgan fingerprint density at radius 2 is 1.93 bits per heavy atom. The van der Waals surface area contributed by atoms with Crippen LogP contribution in [0.2, 0.25) is 0 Å². The van der Waals surface area contributed by atoms with E-state index >= 15 is 0 Å². The van der Waals surface area contributed by atoms with Gasteiger partial charge < -0.3 is 4.90 Å². The first-order valence-corrected chi connectivity index (χ1v) is 12.4. The van der Waals surface area contributed by atoms with E-state index in [1.807, 2.05) is 23.1 Å². The molecule has 0 radical (unpaired) electrons. The van der Waals surface area contributed by atoms with Gasteiger partial charge in [-0.05, 0) is 56.4 Å². The van der Waals surface area contributed by atoms with Crippen molar-refractivity contribution in [1.29, 1.82) is 0 Å². The van der Waals surface area contributed by atoms with E-state index in [9.17, 15) is 13.2 Å². The van der Waals surface area contributed by atoms with Gasteiger partial charge in [-0.3, -0.25) is 4.79 Å². The number of carbonyl (C=O) groups excluding carboxylic acids is 1. The highest BCUT2D eigenvalue weighted by Gasteiger charge is 2.29. The van der Waals surface area contributed by atoms with Crippen LogP contribution in [0.3, 0.4) is 0 Å². The minimum absolute atomic E-state index is 0.0465. The fourth-order valence-electron chi connectivity index (χ4n) is 3.96. The number of hydrogen-bond donors (Lipinski definition) is 0. The van der Waals surface area contributed by atoms with Crippen molar-refractivity contribution in [3.8, 4) is 0 Å². The van der Waals surface area contributed by atoms with Gasteiger partial charge in [-0.15, -0.1) is 0 Å². The largest absolute Gasteiger partial charge is 0.309 e.